The van der Waals surface area contributed by atoms with Gasteiger partial charge in [-0.3, -0.25) is 0 Å². The van der Waals surface area contributed by atoms with E-state index in [1.165, 1.54) is 0 Å². The number of allylic oxidation sites excluding steroid dienone is 1. The van der Waals surface area contributed by atoms with Crippen LogP contribution in [0.3, 0.4) is 0 Å². The number of fused-ring (bicyclic) bond motifs is 1. The average molecular weight is 251 g/mol. The Morgan fingerprint density at radius 1 is 0.842 bits per heavy atom. The Labute approximate surface area is 111 Å². The molecule has 3 rings (SSSR count). The van der Waals surface area contributed by atoms with E-state index in [0.29, 0.717) is 5.69 Å². The molecule has 1 aliphatic rings. The number of nitrogens with one attached hydrogen (secondary N) is 1. The lowest BCUT2D eigenvalue weighted by atomic mass is 10.1. The number of anilines is 1. The van der Waals surface area contributed by atoms with E-state index in [2.05, 4.69) is 5.32 Å². The van der Waals surface area contributed by atoms with Gasteiger partial charge in [0.2, 0.25) is 0 Å². The molecule has 0 bridgehead atoms. The Bertz CT molecular complexity index is 687. The van der Waals surface area contributed by atoms with Gasteiger partial charge in [-0.1, -0.05) is 36.4 Å². The second-order valence-electron chi connectivity index (χ2n) is 4.36. The molecule has 0 saturated heterocycles. The zero-order chi connectivity index (χ0) is 13.2. The number of para-hydroxylation sites is 2. The predicted molar refractivity (Wildman–Crippen MR) is 76.8 cm³/mol. The molecule has 0 unspecified atom stereocenters. The van der Waals surface area contributed by atoms with Crippen molar-refractivity contribution < 1.29 is 10.2 Å². The molecule has 0 spiro atoms. The summed E-state index contributed by atoms with van der Waals surface area (Å²) < 4.78 is 0. The molecule has 2 aromatic rings. The zero-order valence-electron chi connectivity index (χ0n) is 10.2. The maximum Gasteiger partial charge on any atom is 0.139 e. The minimum Gasteiger partial charge on any atom is -0.507 e. The standard InChI is InChI=1S/C16H13NO2/c18-14-6-2-1-4-12(14)10-13-9-8-11-5-3-7-15(19)16(11)17-13/h1-10,17-19H. The molecule has 94 valence electrons. The summed E-state index contributed by atoms with van der Waals surface area (Å²) in [6, 6.07) is 12.5. The first-order chi connectivity index (χ1) is 9.24. The van der Waals surface area contributed by atoms with Crippen molar-refractivity contribution in [3.05, 3.63) is 65.4 Å². The molecule has 2 aromatic carbocycles. The molecule has 0 aliphatic carbocycles. The highest BCUT2D eigenvalue weighted by molar-refractivity contribution is 5.82. The topological polar surface area (TPSA) is 52.5 Å². The zero-order valence-corrected chi connectivity index (χ0v) is 10.2. The van der Waals surface area contributed by atoms with Gasteiger partial charge in [0.15, 0.2) is 0 Å². The van der Waals surface area contributed by atoms with Crippen molar-refractivity contribution in [1.29, 1.82) is 0 Å². The van der Waals surface area contributed by atoms with E-state index >= 15 is 0 Å². The minimum absolute atomic E-state index is 0.213. The Hall–Kier alpha value is -2.68. The van der Waals surface area contributed by atoms with Crippen LogP contribution in [-0.4, -0.2) is 10.2 Å². The fourth-order valence-corrected chi connectivity index (χ4v) is 2.06. The molecule has 0 saturated carbocycles. The first kappa shape index (κ1) is 11.4. The minimum atomic E-state index is 0.213. The summed E-state index contributed by atoms with van der Waals surface area (Å²) in [6.07, 6.45) is 5.67. The van der Waals surface area contributed by atoms with E-state index in [9.17, 15) is 10.2 Å². The third-order valence-corrected chi connectivity index (χ3v) is 3.03. The molecule has 3 nitrogen and oxygen atoms in total. The van der Waals surface area contributed by atoms with Crippen LogP contribution in [0.25, 0.3) is 12.2 Å². The van der Waals surface area contributed by atoms with E-state index < -0.39 is 0 Å². The smallest absolute Gasteiger partial charge is 0.139 e. The fourth-order valence-electron chi connectivity index (χ4n) is 2.06. The summed E-state index contributed by atoms with van der Waals surface area (Å²) in [5, 5.41) is 22.7. The maximum absolute atomic E-state index is 9.82. The van der Waals surface area contributed by atoms with Gasteiger partial charge in [-0.2, -0.15) is 0 Å². The highest BCUT2D eigenvalue weighted by Gasteiger charge is 2.11. The van der Waals surface area contributed by atoms with E-state index in [1.54, 1.807) is 24.3 Å². The summed E-state index contributed by atoms with van der Waals surface area (Å²) in [5.74, 6) is 0.443. The van der Waals surface area contributed by atoms with E-state index in [0.717, 1.165) is 16.8 Å². The quantitative estimate of drug-likeness (QED) is 0.679. The van der Waals surface area contributed by atoms with Crippen LogP contribution in [0, 0.1) is 0 Å². The Morgan fingerprint density at radius 2 is 1.63 bits per heavy atom. The van der Waals surface area contributed by atoms with Crippen LogP contribution in [0.15, 0.2) is 54.2 Å². The number of hydrogen-bond acceptors (Lipinski definition) is 3. The largest absolute Gasteiger partial charge is 0.507 e. The maximum atomic E-state index is 9.82. The van der Waals surface area contributed by atoms with Gasteiger partial charge in [0.25, 0.3) is 0 Å². The summed E-state index contributed by atoms with van der Waals surface area (Å²) >= 11 is 0. The van der Waals surface area contributed by atoms with Gasteiger partial charge in [-0.05, 0) is 24.3 Å². The van der Waals surface area contributed by atoms with Crippen molar-refractivity contribution >= 4 is 17.8 Å². The lowest BCUT2D eigenvalue weighted by Gasteiger charge is -2.17. The van der Waals surface area contributed by atoms with Gasteiger partial charge in [0, 0.05) is 16.8 Å². The van der Waals surface area contributed by atoms with Crippen LogP contribution < -0.4 is 5.32 Å². The van der Waals surface area contributed by atoms with Crippen LogP contribution in [-0.2, 0) is 0 Å². The molecule has 0 amide bonds. The molecule has 1 aliphatic heterocycles. The van der Waals surface area contributed by atoms with Crippen LogP contribution in [0.4, 0.5) is 5.69 Å². The molecule has 0 fully saturated rings. The van der Waals surface area contributed by atoms with Crippen LogP contribution in [0.2, 0.25) is 0 Å². The van der Waals surface area contributed by atoms with Crippen LogP contribution in [0.5, 0.6) is 11.5 Å². The molecule has 1 heterocycles. The highest BCUT2D eigenvalue weighted by atomic mass is 16.3. The highest BCUT2D eigenvalue weighted by Crippen LogP contribution is 2.33. The lowest BCUT2D eigenvalue weighted by Crippen LogP contribution is -2.03. The van der Waals surface area contributed by atoms with E-state index in [1.807, 2.05) is 36.4 Å². The van der Waals surface area contributed by atoms with Crippen molar-refractivity contribution in [2.75, 3.05) is 5.32 Å². The number of hydrogen-bond donors (Lipinski definition) is 3. The summed E-state index contributed by atoms with van der Waals surface area (Å²) in [4.78, 5) is 0. The lowest BCUT2D eigenvalue weighted by molar-refractivity contribution is 0.474. The summed E-state index contributed by atoms with van der Waals surface area (Å²) in [5.41, 5.74) is 3.17. The van der Waals surface area contributed by atoms with E-state index in [4.69, 9.17) is 0 Å². The first-order valence-electron chi connectivity index (χ1n) is 6.01. The Balaban J connectivity index is 1.99. The number of phenols is 2. The van der Waals surface area contributed by atoms with Gasteiger partial charge in [-0.15, -0.1) is 0 Å². The number of rotatable bonds is 1. The number of phenolic OH excluding ortho intramolecular Hbond substituents is 2. The normalized spacial score (nSPS) is 15.1. The van der Waals surface area contributed by atoms with Gasteiger partial charge in [-0.25, -0.2) is 0 Å². The average Bonchev–Trinajstić information content (AvgIpc) is 2.42. The van der Waals surface area contributed by atoms with Crippen molar-refractivity contribution in [2.45, 2.75) is 0 Å². The monoisotopic (exact) mass is 251 g/mol. The Kier molecular flexibility index (Phi) is 2.72. The number of benzene rings is 2. The summed E-state index contributed by atoms with van der Waals surface area (Å²) in [6.45, 7) is 0. The van der Waals surface area contributed by atoms with Crippen molar-refractivity contribution in [2.24, 2.45) is 0 Å². The molecule has 19 heavy (non-hydrogen) atoms. The van der Waals surface area contributed by atoms with Gasteiger partial charge >= 0.3 is 0 Å². The molecule has 0 atom stereocenters. The second-order valence-corrected chi connectivity index (χ2v) is 4.36. The SMILES string of the molecule is Oc1ccccc1C=C1C=Cc2cccc(O)c2N1. The molecular formula is C16H13NO2. The van der Waals surface area contributed by atoms with Gasteiger partial charge in [0.1, 0.15) is 11.5 Å². The van der Waals surface area contributed by atoms with Gasteiger partial charge in [0.05, 0.1) is 5.69 Å². The van der Waals surface area contributed by atoms with Crippen molar-refractivity contribution in [3.63, 3.8) is 0 Å². The molecule has 0 radical (unpaired) electrons. The fraction of sp³-hybridized carbons (Fsp3) is 0. The van der Waals surface area contributed by atoms with Crippen molar-refractivity contribution in [3.8, 4) is 11.5 Å². The molecule has 3 N–H and O–H groups in total. The third-order valence-electron chi connectivity index (χ3n) is 3.03. The van der Waals surface area contributed by atoms with E-state index in [-0.39, 0.29) is 11.5 Å². The first-order valence-corrected chi connectivity index (χ1v) is 6.01. The molecular weight excluding hydrogens is 238 g/mol. The molecule has 0 aromatic heterocycles. The van der Waals surface area contributed by atoms with Gasteiger partial charge < -0.3 is 15.5 Å². The summed E-state index contributed by atoms with van der Waals surface area (Å²) in [7, 11) is 0. The molecule has 3 heteroatoms. The third kappa shape index (κ3) is 2.18. The Morgan fingerprint density at radius 3 is 2.47 bits per heavy atom. The second kappa shape index (κ2) is 4.53. The number of aromatic hydroxyl groups is 2. The predicted octanol–water partition coefficient (Wildman–Crippen LogP) is 3.58. The van der Waals surface area contributed by atoms with Crippen molar-refractivity contribution in [1.82, 2.24) is 0 Å². The van der Waals surface area contributed by atoms with Crippen LogP contribution in [0.1, 0.15) is 11.1 Å². The van der Waals surface area contributed by atoms with Crippen LogP contribution >= 0.6 is 0 Å².